The highest BCUT2D eigenvalue weighted by molar-refractivity contribution is 5.82. The van der Waals surface area contributed by atoms with Crippen LogP contribution in [-0.4, -0.2) is 62.9 Å². The number of piperidine rings is 1. The Hall–Kier alpha value is -0.650. The van der Waals surface area contributed by atoms with Crippen LogP contribution < -0.4 is 5.32 Å². The Morgan fingerprint density at radius 3 is 2.29 bits per heavy atom. The number of amides is 1. The molecule has 17 heavy (non-hydrogen) atoms. The molecule has 0 bridgehead atoms. The number of methoxy groups -OCH3 is 2. The number of hydrogen-bond acceptors (Lipinski definition) is 4. The van der Waals surface area contributed by atoms with E-state index in [1.54, 1.807) is 14.2 Å². The summed E-state index contributed by atoms with van der Waals surface area (Å²) in [6.07, 6.45) is 3.27. The second-order valence-corrected chi connectivity index (χ2v) is 4.79. The summed E-state index contributed by atoms with van der Waals surface area (Å²) in [6, 6.07) is -0.00291. The minimum atomic E-state index is -0.00291. The van der Waals surface area contributed by atoms with Crippen molar-refractivity contribution in [3.05, 3.63) is 0 Å². The predicted molar refractivity (Wildman–Crippen MR) is 63.8 cm³/mol. The van der Waals surface area contributed by atoms with Crippen molar-refractivity contribution in [3.63, 3.8) is 0 Å². The number of rotatable bonds is 3. The van der Waals surface area contributed by atoms with E-state index in [4.69, 9.17) is 9.47 Å². The van der Waals surface area contributed by atoms with Gasteiger partial charge in [0.1, 0.15) is 12.2 Å². The van der Waals surface area contributed by atoms with Crippen molar-refractivity contribution in [2.24, 2.45) is 0 Å². The molecular weight excluding hydrogens is 220 g/mol. The molecule has 1 amide bonds. The zero-order valence-corrected chi connectivity index (χ0v) is 10.6. The van der Waals surface area contributed by atoms with Crippen molar-refractivity contribution in [3.8, 4) is 0 Å². The van der Waals surface area contributed by atoms with E-state index in [1.807, 2.05) is 4.90 Å². The van der Waals surface area contributed by atoms with Crippen molar-refractivity contribution in [1.82, 2.24) is 10.2 Å². The maximum absolute atomic E-state index is 12.3. The van der Waals surface area contributed by atoms with E-state index < -0.39 is 0 Å². The first-order valence-electron chi connectivity index (χ1n) is 6.34. The highest BCUT2D eigenvalue weighted by Crippen LogP contribution is 2.18. The predicted octanol–water partition coefficient (Wildman–Crippen LogP) is 0.000700. The minimum absolute atomic E-state index is 0.00291. The van der Waals surface area contributed by atoms with Gasteiger partial charge in [-0.3, -0.25) is 4.79 Å². The molecule has 5 heteroatoms. The molecule has 2 rings (SSSR count). The third-order valence-corrected chi connectivity index (χ3v) is 3.74. The maximum atomic E-state index is 12.3. The first-order valence-corrected chi connectivity index (χ1v) is 6.34. The van der Waals surface area contributed by atoms with Gasteiger partial charge in [-0.2, -0.15) is 0 Å². The van der Waals surface area contributed by atoms with Crippen LogP contribution in [0, 0.1) is 0 Å². The number of carbonyl (C=O) groups excluding carboxylic acids is 1. The van der Waals surface area contributed by atoms with Gasteiger partial charge in [-0.05, 0) is 19.4 Å². The summed E-state index contributed by atoms with van der Waals surface area (Å²) >= 11 is 0. The van der Waals surface area contributed by atoms with Crippen LogP contribution in [0.4, 0.5) is 0 Å². The standard InChI is InChI=1S/C12H22N2O3/c1-16-10-7-14(8-11(10)17-2)12(15)9-5-3-4-6-13-9/h9-11,13H,3-8H2,1-2H3/t9-,10?,11?/m0/s1. The highest BCUT2D eigenvalue weighted by atomic mass is 16.5. The van der Waals surface area contributed by atoms with Gasteiger partial charge in [0.2, 0.25) is 5.91 Å². The summed E-state index contributed by atoms with van der Waals surface area (Å²) < 4.78 is 10.7. The lowest BCUT2D eigenvalue weighted by Gasteiger charge is -2.27. The number of carbonyl (C=O) groups is 1. The van der Waals surface area contributed by atoms with Gasteiger partial charge in [-0.25, -0.2) is 0 Å². The Kier molecular flexibility index (Phi) is 4.36. The Morgan fingerprint density at radius 2 is 1.82 bits per heavy atom. The Bertz CT molecular complexity index is 254. The van der Waals surface area contributed by atoms with Crippen LogP contribution in [-0.2, 0) is 14.3 Å². The third-order valence-electron chi connectivity index (χ3n) is 3.74. The fourth-order valence-electron chi connectivity index (χ4n) is 2.66. The Labute approximate surface area is 102 Å². The van der Waals surface area contributed by atoms with Crippen molar-refractivity contribution in [1.29, 1.82) is 0 Å². The second kappa shape index (κ2) is 5.80. The van der Waals surface area contributed by atoms with Gasteiger partial charge in [0.15, 0.2) is 0 Å². The van der Waals surface area contributed by atoms with Gasteiger partial charge in [-0.15, -0.1) is 0 Å². The Morgan fingerprint density at radius 1 is 1.18 bits per heavy atom. The van der Waals surface area contributed by atoms with Gasteiger partial charge in [0, 0.05) is 27.3 Å². The van der Waals surface area contributed by atoms with Gasteiger partial charge in [0.05, 0.1) is 6.04 Å². The van der Waals surface area contributed by atoms with Crippen LogP contribution in [0.15, 0.2) is 0 Å². The summed E-state index contributed by atoms with van der Waals surface area (Å²) in [5.74, 6) is 0.200. The number of nitrogens with zero attached hydrogens (tertiary/aromatic N) is 1. The van der Waals surface area contributed by atoms with Gasteiger partial charge < -0.3 is 19.7 Å². The third kappa shape index (κ3) is 2.78. The quantitative estimate of drug-likeness (QED) is 0.757. The molecule has 5 nitrogen and oxygen atoms in total. The van der Waals surface area contributed by atoms with Crippen molar-refractivity contribution in [2.45, 2.75) is 37.5 Å². The number of likely N-dealkylation sites (tertiary alicyclic amines) is 1. The van der Waals surface area contributed by atoms with Crippen LogP contribution in [0.25, 0.3) is 0 Å². The van der Waals surface area contributed by atoms with Gasteiger partial charge in [-0.1, -0.05) is 6.42 Å². The summed E-state index contributed by atoms with van der Waals surface area (Å²) in [5, 5.41) is 3.29. The molecule has 98 valence electrons. The van der Waals surface area contributed by atoms with Crippen LogP contribution in [0.5, 0.6) is 0 Å². The molecule has 2 fully saturated rings. The zero-order valence-electron chi connectivity index (χ0n) is 10.6. The molecule has 0 radical (unpaired) electrons. The van der Waals surface area contributed by atoms with Gasteiger partial charge >= 0.3 is 0 Å². The molecule has 2 saturated heterocycles. The first kappa shape index (κ1) is 12.8. The summed E-state index contributed by atoms with van der Waals surface area (Å²) in [5.41, 5.74) is 0. The molecular formula is C12H22N2O3. The van der Waals surface area contributed by atoms with Crippen molar-refractivity contribution < 1.29 is 14.3 Å². The molecule has 0 aromatic heterocycles. The lowest BCUT2D eigenvalue weighted by atomic mass is 10.0. The SMILES string of the molecule is COC1CN(C(=O)[C@@H]2CCCCN2)CC1OC. The fraction of sp³-hybridized carbons (Fsp3) is 0.917. The zero-order chi connectivity index (χ0) is 12.3. The van der Waals surface area contributed by atoms with Crippen LogP contribution in [0.3, 0.4) is 0 Å². The van der Waals surface area contributed by atoms with Crippen LogP contribution in [0.2, 0.25) is 0 Å². The number of ether oxygens (including phenoxy) is 2. The monoisotopic (exact) mass is 242 g/mol. The average Bonchev–Trinajstić information content (AvgIpc) is 2.82. The van der Waals surface area contributed by atoms with E-state index in [0.29, 0.717) is 13.1 Å². The van der Waals surface area contributed by atoms with Gasteiger partial charge in [0.25, 0.3) is 0 Å². The van der Waals surface area contributed by atoms with E-state index in [2.05, 4.69) is 5.32 Å². The molecule has 0 saturated carbocycles. The van der Waals surface area contributed by atoms with Crippen molar-refractivity contribution in [2.75, 3.05) is 33.9 Å². The van der Waals surface area contributed by atoms with E-state index in [1.165, 1.54) is 6.42 Å². The van der Waals surface area contributed by atoms with E-state index in [-0.39, 0.29) is 24.2 Å². The molecule has 0 aliphatic carbocycles. The minimum Gasteiger partial charge on any atom is -0.377 e. The first-order chi connectivity index (χ1) is 8.26. The summed E-state index contributed by atoms with van der Waals surface area (Å²) in [6.45, 7) is 2.24. The molecule has 0 aromatic carbocycles. The largest absolute Gasteiger partial charge is 0.377 e. The van der Waals surface area contributed by atoms with Crippen LogP contribution in [0.1, 0.15) is 19.3 Å². The molecule has 3 atom stereocenters. The number of nitrogens with one attached hydrogen (secondary N) is 1. The molecule has 2 aliphatic rings. The second-order valence-electron chi connectivity index (χ2n) is 4.79. The lowest BCUT2D eigenvalue weighted by Crippen LogP contribution is -2.48. The van der Waals surface area contributed by atoms with E-state index in [0.717, 1.165) is 19.4 Å². The van der Waals surface area contributed by atoms with Crippen LogP contribution >= 0.6 is 0 Å². The van der Waals surface area contributed by atoms with Crippen molar-refractivity contribution >= 4 is 5.91 Å². The molecule has 0 spiro atoms. The van der Waals surface area contributed by atoms with E-state index >= 15 is 0 Å². The Balaban J connectivity index is 1.92. The normalized spacial score (nSPS) is 34.0. The fourth-order valence-corrected chi connectivity index (χ4v) is 2.66. The average molecular weight is 242 g/mol. The highest BCUT2D eigenvalue weighted by Gasteiger charge is 2.37. The molecule has 2 unspecified atom stereocenters. The topological polar surface area (TPSA) is 50.8 Å². The van der Waals surface area contributed by atoms with E-state index in [9.17, 15) is 4.79 Å². The summed E-state index contributed by atoms with van der Waals surface area (Å²) in [7, 11) is 3.34. The summed E-state index contributed by atoms with van der Waals surface area (Å²) in [4.78, 5) is 14.1. The molecule has 1 N–H and O–H groups in total. The molecule has 2 heterocycles. The number of hydrogen-bond donors (Lipinski definition) is 1. The molecule has 0 aromatic rings. The smallest absolute Gasteiger partial charge is 0.239 e. The maximum Gasteiger partial charge on any atom is 0.239 e. The lowest BCUT2D eigenvalue weighted by molar-refractivity contribution is -0.133. The molecule has 2 aliphatic heterocycles.